The highest BCUT2D eigenvalue weighted by molar-refractivity contribution is 5.86. The monoisotopic (exact) mass is 196 g/mol. The van der Waals surface area contributed by atoms with Crippen LogP contribution in [0.4, 0.5) is 0 Å². The Morgan fingerprint density at radius 1 is 1.36 bits per heavy atom. The third kappa shape index (κ3) is 2.86. The zero-order chi connectivity index (χ0) is 10.7. The van der Waals surface area contributed by atoms with Crippen molar-refractivity contribution in [3.8, 4) is 0 Å². The summed E-state index contributed by atoms with van der Waals surface area (Å²) in [6.07, 6.45) is 2.37. The molecular formula is C12H20O2. The molecule has 2 nitrogen and oxygen atoms in total. The molecule has 0 saturated heterocycles. The summed E-state index contributed by atoms with van der Waals surface area (Å²) in [7, 11) is 0. The molecule has 0 aromatic carbocycles. The van der Waals surface area contributed by atoms with Crippen molar-refractivity contribution in [2.75, 3.05) is 6.61 Å². The van der Waals surface area contributed by atoms with Gasteiger partial charge in [-0.3, -0.25) is 0 Å². The second kappa shape index (κ2) is 4.63. The summed E-state index contributed by atoms with van der Waals surface area (Å²) in [5.41, 5.74) is 0.490. The van der Waals surface area contributed by atoms with Gasteiger partial charge in [0.05, 0.1) is 6.61 Å². The van der Waals surface area contributed by atoms with Crippen molar-refractivity contribution in [1.29, 1.82) is 0 Å². The second-order valence-corrected chi connectivity index (χ2v) is 4.67. The smallest absolute Gasteiger partial charge is 0.333 e. The van der Waals surface area contributed by atoms with Crippen LogP contribution >= 0.6 is 0 Å². The fourth-order valence-corrected chi connectivity index (χ4v) is 2.07. The maximum Gasteiger partial charge on any atom is 0.333 e. The predicted octanol–water partition coefficient (Wildman–Crippen LogP) is 2.79. The number of hydrogen-bond acceptors (Lipinski definition) is 2. The Bertz CT molecular complexity index is 222. The van der Waals surface area contributed by atoms with E-state index in [-0.39, 0.29) is 5.97 Å². The number of carbonyl (C=O) groups excluding carboxylic acids is 1. The molecule has 1 rings (SSSR count). The molecule has 1 aliphatic rings. The maximum atomic E-state index is 11.1. The van der Waals surface area contributed by atoms with Crippen LogP contribution in [0, 0.1) is 17.8 Å². The van der Waals surface area contributed by atoms with Crippen LogP contribution in [-0.2, 0) is 9.53 Å². The standard InChI is InChI=1S/C12H20O2/c1-8(2)12(13)14-7-11-5-9(3)10(4)6-11/h9-11H,1,5-7H2,2-4H3. The molecule has 2 unspecified atom stereocenters. The van der Waals surface area contributed by atoms with Gasteiger partial charge >= 0.3 is 5.97 Å². The SMILES string of the molecule is C=C(C)C(=O)OCC1CC(C)C(C)C1. The highest BCUT2D eigenvalue weighted by Crippen LogP contribution is 2.35. The van der Waals surface area contributed by atoms with Gasteiger partial charge < -0.3 is 4.74 Å². The van der Waals surface area contributed by atoms with E-state index in [9.17, 15) is 4.79 Å². The Balaban J connectivity index is 2.27. The second-order valence-electron chi connectivity index (χ2n) is 4.67. The van der Waals surface area contributed by atoms with Crippen molar-refractivity contribution in [3.05, 3.63) is 12.2 Å². The molecule has 0 heterocycles. The fourth-order valence-electron chi connectivity index (χ4n) is 2.07. The quantitative estimate of drug-likeness (QED) is 0.512. The summed E-state index contributed by atoms with van der Waals surface area (Å²) >= 11 is 0. The molecule has 0 amide bonds. The van der Waals surface area contributed by atoms with Gasteiger partial charge in [-0.1, -0.05) is 20.4 Å². The number of hydrogen-bond donors (Lipinski definition) is 0. The lowest BCUT2D eigenvalue weighted by Gasteiger charge is -2.10. The van der Waals surface area contributed by atoms with Gasteiger partial charge in [0.25, 0.3) is 0 Å². The van der Waals surface area contributed by atoms with Gasteiger partial charge in [-0.05, 0) is 37.5 Å². The maximum absolute atomic E-state index is 11.1. The van der Waals surface area contributed by atoms with Crippen molar-refractivity contribution in [3.63, 3.8) is 0 Å². The Hall–Kier alpha value is -0.790. The van der Waals surface area contributed by atoms with Gasteiger partial charge in [-0.25, -0.2) is 4.79 Å². The lowest BCUT2D eigenvalue weighted by Crippen LogP contribution is -2.12. The van der Waals surface area contributed by atoms with Crippen molar-refractivity contribution in [2.45, 2.75) is 33.6 Å². The van der Waals surface area contributed by atoms with E-state index in [1.54, 1.807) is 6.92 Å². The number of ether oxygens (including phenoxy) is 1. The first kappa shape index (κ1) is 11.3. The van der Waals surface area contributed by atoms with Crippen LogP contribution in [0.3, 0.4) is 0 Å². The first-order chi connectivity index (χ1) is 6.50. The van der Waals surface area contributed by atoms with E-state index in [0.717, 1.165) is 11.8 Å². The Morgan fingerprint density at radius 2 is 1.86 bits per heavy atom. The molecule has 0 radical (unpaired) electrons. The molecule has 0 aromatic heterocycles. The van der Waals surface area contributed by atoms with E-state index in [0.29, 0.717) is 18.1 Å². The molecule has 1 fully saturated rings. The molecule has 0 bridgehead atoms. The van der Waals surface area contributed by atoms with Crippen LogP contribution in [0.5, 0.6) is 0 Å². The molecule has 0 aliphatic heterocycles. The van der Waals surface area contributed by atoms with E-state index in [1.807, 2.05) is 0 Å². The first-order valence-electron chi connectivity index (χ1n) is 5.33. The van der Waals surface area contributed by atoms with Crippen LogP contribution in [0.25, 0.3) is 0 Å². The van der Waals surface area contributed by atoms with Crippen LogP contribution in [0.1, 0.15) is 33.6 Å². The van der Waals surface area contributed by atoms with E-state index in [1.165, 1.54) is 12.8 Å². The normalized spacial score (nSPS) is 31.5. The fraction of sp³-hybridized carbons (Fsp3) is 0.750. The van der Waals surface area contributed by atoms with Gasteiger partial charge in [0.15, 0.2) is 0 Å². The first-order valence-corrected chi connectivity index (χ1v) is 5.33. The Kier molecular flexibility index (Phi) is 3.73. The van der Waals surface area contributed by atoms with Crippen molar-refractivity contribution in [1.82, 2.24) is 0 Å². The average Bonchev–Trinajstić information content (AvgIpc) is 2.42. The Morgan fingerprint density at radius 3 is 2.29 bits per heavy atom. The van der Waals surface area contributed by atoms with E-state index in [4.69, 9.17) is 4.74 Å². The molecule has 0 aromatic rings. The van der Waals surface area contributed by atoms with Crippen LogP contribution in [-0.4, -0.2) is 12.6 Å². The largest absolute Gasteiger partial charge is 0.462 e. The molecule has 2 heteroatoms. The van der Waals surface area contributed by atoms with Crippen molar-refractivity contribution in [2.24, 2.45) is 17.8 Å². The summed E-state index contributed by atoms with van der Waals surface area (Å²) in [6.45, 7) is 10.3. The summed E-state index contributed by atoms with van der Waals surface area (Å²) in [4.78, 5) is 11.1. The third-order valence-corrected chi connectivity index (χ3v) is 3.18. The zero-order valence-corrected chi connectivity index (χ0v) is 9.38. The van der Waals surface area contributed by atoms with Gasteiger partial charge in [-0.15, -0.1) is 0 Å². The number of esters is 1. The van der Waals surface area contributed by atoms with Crippen molar-refractivity contribution < 1.29 is 9.53 Å². The summed E-state index contributed by atoms with van der Waals surface area (Å²) in [6, 6.07) is 0. The number of carbonyl (C=O) groups is 1. The van der Waals surface area contributed by atoms with E-state index in [2.05, 4.69) is 20.4 Å². The molecule has 0 N–H and O–H groups in total. The van der Waals surface area contributed by atoms with Crippen LogP contribution in [0.2, 0.25) is 0 Å². The third-order valence-electron chi connectivity index (χ3n) is 3.18. The zero-order valence-electron chi connectivity index (χ0n) is 9.38. The number of rotatable bonds is 3. The van der Waals surface area contributed by atoms with Crippen LogP contribution < -0.4 is 0 Å². The van der Waals surface area contributed by atoms with Crippen molar-refractivity contribution >= 4 is 5.97 Å². The summed E-state index contributed by atoms with van der Waals surface area (Å²) in [5.74, 6) is 1.84. The van der Waals surface area contributed by atoms with Gasteiger partial charge in [0, 0.05) is 5.57 Å². The lowest BCUT2D eigenvalue weighted by atomic mass is 10.0. The Labute approximate surface area is 86.3 Å². The molecule has 80 valence electrons. The molecule has 1 saturated carbocycles. The summed E-state index contributed by atoms with van der Waals surface area (Å²) in [5, 5.41) is 0. The van der Waals surface area contributed by atoms with E-state index < -0.39 is 0 Å². The predicted molar refractivity (Wildman–Crippen MR) is 56.8 cm³/mol. The molecule has 0 spiro atoms. The van der Waals surface area contributed by atoms with Gasteiger partial charge in [0.1, 0.15) is 0 Å². The van der Waals surface area contributed by atoms with Crippen LogP contribution in [0.15, 0.2) is 12.2 Å². The average molecular weight is 196 g/mol. The lowest BCUT2D eigenvalue weighted by molar-refractivity contribution is -0.140. The minimum Gasteiger partial charge on any atom is -0.462 e. The highest BCUT2D eigenvalue weighted by atomic mass is 16.5. The molecule has 2 atom stereocenters. The highest BCUT2D eigenvalue weighted by Gasteiger charge is 2.28. The molecular weight excluding hydrogens is 176 g/mol. The minimum atomic E-state index is -0.253. The molecule has 14 heavy (non-hydrogen) atoms. The van der Waals surface area contributed by atoms with E-state index >= 15 is 0 Å². The summed E-state index contributed by atoms with van der Waals surface area (Å²) < 4.78 is 5.15. The molecule has 1 aliphatic carbocycles. The topological polar surface area (TPSA) is 26.3 Å². The van der Waals surface area contributed by atoms with Gasteiger partial charge in [0.2, 0.25) is 0 Å². The minimum absolute atomic E-state index is 0.253. The van der Waals surface area contributed by atoms with Gasteiger partial charge in [-0.2, -0.15) is 0 Å².